The van der Waals surface area contributed by atoms with Crippen molar-refractivity contribution in [2.75, 3.05) is 25.4 Å². The maximum Gasteiger partial charge on any atom is 0.253 e. The summed E-state index contributed by atoms with van der Waals surface area (Å²) in [5.41, 5.74) is 5.33. The van der Waals surface area contributed by atoms with Crippen molar-refractivity contribution in [3.05, 3.63) is 29.6 Å². The van der Waals surface area contributed by atoms with E-state index in [-0.39, 0.29) is 23.7 Å². The number of nitrogens with two attached hydrogens (primary N) is 1. The van der Waals surface area contributed by atoms with Crippen molar-refractivity contribution in [2.45, 2.75) is 12.8 Å². The summed E-state index contributed by atoms with van der Waals surface area (Å²) in [6.45, 7) is 1.38. The minimum absolute atomic E-state index is 0.0502. The molecule has 1 aliphatic heterocycles. The Kier molecular flexibility index (Phi) is 3.99. The zero-order chi connectivity index (χ0) is 13.8. The Hall–Kier alpha value is -2.11. The molecule has 2 rings (SSSR count). The summed E-state index contributed by atoms with van der Waals surface area (Å²) in [5.74, 6) is -1.30. The van der Waals surface area contributed by atoms with Crippen LogP contribution in [0, 0.1) is 5.82 Å². The lowest BCUT2D eigenvalue weighted by atomic mass is 10.1. The number of rotatable bonds is 3. The second-order valence-corrected chi connectivity index (χ2v) is 4.47. The molecule has 19 heavy (non-hydrogen) atoms. The van der Waals surface area contributed by atoms with Gasteiger partial charge in [0.05, 0.1) is 17.8 Å². The first-order valence-electron chi connectivity index (χ1n) is 6.19. The summed E-state index contributed by atoms with van der Waals surface area (Å²) in [4.78, 5) is 25.3. The Labute approximate surface area is 110 Å². The Morgan fingerprint density at radius 2 is 2.00 bits per heavy atom. The van der Waals surface area contributed by atoms with Crippen LogP contribution in [0.4, 0.5) is 10.1 Å². The van der Waals surface area contributed by atoms with Gasteiger partial charge in [0.15, 0.2) is 0 Å². The molecule has 1 aliphatic rings. The minimum atomic E-state index is -0.640. The number of halogens is 1. The van der Waals surface area contributed by atoms with Crippen LogP contribution >= 0.6 is 0 Å². The maximum absolute atomic E-state index is 13.2. The quantitative estimate of drug-likeness (QED) is 0.792. The Morgan fingerprint density at radius 1 is 1.32 bits per heavy atom. The van der Waals surface area contributed by atoms with Gasteiger partial charge in [0.25, 0.3) is 5.91 Å². The SMILES string of the molecule is Nc1c(F)cccc1C(=O)NCC(=O)N1CCCC1. The van der Waals surface area contributed by atoms with E-state index in [1.807, 2.05) is 0 Å². The average molecular weight is 265 g/mol. The first kappa shape index (κ1) is 13.3. The van der Waals surface area contributed by atoms with E-state index < -0.39 is 11.7 Å². The van der Waals surface area contributed by atoms with Crippen LogP contribution in [0.5, 0.6) is 0 Å². The Morgan fingerprint density at radius 3 is 2.68 bits per heavy atom. The molecular weight excluding hydrogens is 249 g/mol. The number of amides is 2. The van der Waals surface area contributed by atoms with Crippen LogP contribution in [0.25, 0.3) is 0 Å². The normalized spacial score (nSPS) is 14.5. The van der Waals surface area contributed by atoms with Crippen LogP contribution in [0.2, 0.25) is 0 Å². The standard InChI is InChI=1S/C13H16FN3O2/c14-10-5-3-4-9(12(10)15)13(19)16-8-11(18)17-6-1-2-7-17/h3-5H,1-2,6-8,15H2,(H,16,19). The van der Waals surface area contributed by atoms with Crippen molar-refractivity contribution in [1.82, 2.24) is 10.2 Å². The minimum Gasteiger partial charge on any atom is -0.396 e. The van der Waals surface area contributed by atoms with Crippen molar-refractivity contribution in [3.8, 4) is 0 Å². The average Bonchev–Trinajstić information content (AvgIpc) is 2.93. The summed E-state index contributed by atoms with van der Waals surface area (Å²) in [7, 11) is 0. The monoisotopic (exact) mass is 265 g/mol. The number of para-hydroxylation sites is 1. The first-order chi connectivity index (χ1) is 9.09. The van der Waals surface area contributed by atoms with E-state index in [1.54, 1.807) is 4.90 Å². The molecule has 1 aromatic rings. The highest BCUT2D eigenvalue weighted by Gasteiger charge is 2.19. The van der Waals surface area contributed by atoms with Crippen molar-refractivity contribution < 1.29 is 14.0 Å². The van der Waals surface area contributed by atoms with Crippen LogP contribution in [0.15, 0.2) is 18.2 Å². The number of anilines is 1. The lowest BCUT2D eigenvalue weighted by Gasteiger charge is -2.15. The first-order valence-corrected chi connectivity index (χ1v) is 6.19. The van der Waals surface area contributed by atoms with Gasteiger partial charge in [-0.1, -0.05) is 6.07 Å². The molecule has 102 valence electrons. The van der Waals surface area contributed by atoms with E-state index in [0.717, 1.165) is 25.9 Å². The highest BCUT2D eigenvalue weighted by molar-refractivity contribution is 6.00. The number of hydrogen-bond donors (Lipinski definition) is 2. The van der Waals surface area contributed by atoms with Crippen molar-refractivity contribution in [2.24, 2.45) is 0 Å². The molecule has 0 radical (unpaired) electrons. The van der Waals surface area contributed by atoms with Gasteiger partial charge in [-0.3, -0.25) is 9.59 Å². The molecule has 0 unspecified atom stereocenters. The molecule has 0 aliphatic carbocycles. The summed E-state index contributed by atoms with van der Waals surface area (Å²) in [6.07, 6.45) is 1.99. The predicted octanol–water partition coefficient (Wildman–Crippen LogP) is 0.760. The number of nitrogens with one attached hydrogen (secondary N) is 1. The highest BCUT2D eigenvalue weighted by atomic mass is 19.1. The summed E-state index contributed by atoms with van der Waals surface area (Å²) in [5, 5.41) is 2.47. The van der Waals surface area contributed by atoms with Gasteiger partial charge >= 0.3 is 0 Å². The van der Waals surface area contributed by atoms with Gasteiger partial charge in [0.2, 0.25) is 5.91 Å². The van der Waals surface area contributed by atoms with Gasteiger partial charge in [0.1, 0.15) is 5.82 Å². The largest absolute Gasteiger partial charge is 0.396 e. The lowest BCUT2D eigenvalue weighted by molar-refractivity contribution is -0.129. The molecule has 6 heteroatoms. The van der Waals surface area contributed by atoms with Crippen LogP contribution in [0.1, 0.15) is 23.2 Å². The third-order valence-corrected chi connectivity index (χ3v) is 3.16. The van der Waals surface area contributed by atoms with E-state index >= 15 is 0 Å². The summed E-state index contributed by atoms with van der Waals surface area (Å²) < 4.78 is 13.2. The molecule has 1 fully saturated rings. The van der Waals surface area contributed by atoms with Gasteiger partial charge in [-0.15, -0.1) is 0 Å². The number of carbonyl (C=O) groups is 2. The van der Waals surface area contributed by atoms with E-state index in [0.29, 0.717) is 0 Å². The molecule has 0 saturated carbocycles. The fourth-order valence-electron chi connectivity index (χ4n) is 2.06. The predicted molar refractivity (Wildman–Crippen MR) is 69.0 cm³/mol. The van der Waals surface area contributed by atoms with Crippen LogP contribution in [-0.4, -0.2) is 36.3 Å². The van der Waals surface area contributed by atoms with Gasteiger partial charge in [-0.2, -0.15) is 0 Å². The molecule has 1 aromatic carbocycles. The summed E-state index contributed by atoms with van der Waals surface area (Å²) in [6, 6.07) is 4.01. The van der Waals surface area contributed by atoms with Gasteiger partial charge in [-0.05, 0) is 25.0 Å². The van der Waals surface area contributed by atoms with Gasteiger partial charge in [-0.25, -0.2) is 4.39 Å². The fourth-order valence-corrected chi connectivity index (χ4v) is 2.06. The molecule has 0 bridgehead atoms. The lowest BCUT2D eigenvalue weighted by Crippen LogP contribution is -2.38. The Bertz CT molecular complexity index is 499. The highest BCUT2D eigenvalue weighted by Crippen LogP contribution is 2.15. The second-order valence-electron chi connectivity index (χ2n) is 4.47. The van der Waals surface area contributed by atoms with E-state index in [2.05, 4.69) is 5.32 Å². The van der Waals surface area contributed by atoms with Crippen LogP contribution in [-0.2, 0) is 4.79 Å². The van der Waals surface area contributed by atoms with Gasteiger partial charge in [0, 0.05) is 13.1 Å². The smallest absolute Gasteiger partial charge is 0.253 e. The Balaban J connectivity index is 1.94. The van der Waals surface area contributed by atoms with Crippen molar-refractivity contribution in [1.29, 1.82) is 0 Å². The van der Waals surface area contributed by atoms with E-state index in [1.165, 1.54) is 18.2 Å². The number of benzene rings is 1. The van der Waals surface area contributed by atoms with Crippen molar-refractivity contribution >= 4 is 17.5 Å². The maximum atomic E-state index is 13.2. The number of nitrogen functional groups attached to an aromatic ring is 1. The molecule has 0 spiro atoms. The second kappa shape index (κ2) is 5.69. The third-order valence-electron chi connectivity index (χ3n) is 3.16. The number of hydrogen-bond acceptors (Lipinski definition) is 3. The molecule has 0 aromatic heterocycles. The number of nitrogens with zero attached hydrogens (tertiary/aromatic N) is 1. The van der Waals surface area contributed by atoms with Crippen molar-refractivity contribution in [3.63, 3.8) is 0 Å². The van der Waals surface area contributed by atoms with E-state index in [9.17, 15) is 14.0 Å². The molecule has 0 atom stereocenters. The third kappa shape index (κ3) is 3.01. The molecule has 1 saturated heterocycles. The van der Waals surface area contributed by atoms with Crippen LogP contribution < -0.4 is 11.1 Å². The number of carbonyl (C=O) groups excluding carboxylic acids is 2. The molecule has 5 nitrogen and oxygen atoms in total. The number of likely N-dealkylation sites (tertiary alicyclic amines) is 1. The topological polar surface area (TPSA) is 75.4 Å². The zero-order valence-corrected chi connectivity index (χ0v) is 10.5. The molecule has 2 amide bonds. The molecule has 3 N–H and O–H groups in total. The fraction of sp³-hybridized carbons (Fsp3) is 0.385. The molecular formula is C13H16FN3O2. The molecule has 1 heterocycles. The van der Waals surface area contributed by atoms with Crippen LogP contribution in [0.3, 0.4) is 0 Å². The zero-order valence-electron chi connectivity index (χ0n) is 10.5. The van der Waals surface area contributed by atoms with E-state index in [4.69, 9.17) is 5.73 Å². The summed E-state index contributed by atoms with van der Waals surface area (Å²) >= 11 is 0. The van der Waals surface area contributed by atoms with Gasteiger partial charge < -0.3 is 16.0 Å².